The molecule has 0 bridgehead atoms. The largest absolute Gasteiger partial charge is 0.456 e. The molecule has 0 unspecified atom stereocenters. The topological polar surface area (TPSA) is 59.5 Å². The zero-order valence-corrected chi connectivity index (χ0v) is 15.4. The number of nitrogens with zero attached hydrogens (tertiary/aromatic N) is 2. The number of rotatable bonds is 7. The Labute approximate surface area is 153 Å². The lowest BCUT2D eigenvalue weighted by Gasteiger charge is -2.17. The fourth-order valence-corrected chi connectivity index (χ4v) is 4.12. The van der Waals surface area contributed by atoms with Crippen LogP contribution < -0.4 is 4.90 Å². The van der Waals surface area contributed by atoms with E-state index in [1.807, 2.05) is 48.0 Å². The predicted molar refractivity (Wildman–Crippen MR) is 101 cm³/mol. The monoisotopic (exact) mass is 374 g/mol. The second-order valence-corrected chi connectivity index (χ2v) is 7.18. The van der Waals surface area contributed by atoms with Crippen molar-refractivity contribution in [1.29, 1.82) is 0 Å². The lowest BCUT2D eigenvalue weighted by atomic mass is 10.2. The molecule has 7 heteroatoms. The summed E-state index contributed by atoms with van der Waals surface area (Å²) >= 11 is 3.05. The number of benzene rings is 1. The van der Waals surface area contributed by atoms with Crippen LogP contribution in [0.5, 0.6) is 0 Å². The average Bonchev–Trinajstić information content (AvgIpc) is 3.28. The van der Waals surface area contributed by atoms with Crippen molar-refractivity contribution in [2.45, 2.75) is 19.8 Å². The van der Waals surface area contributed by atoms with Crippen LogP contribution >= 0.6 is 22.7 Å². The Balaban J connectivity index is 1.55. The number of carbonyl (C=O) groups is 2. The SMILES string of the molecule is CCN(C(=O)COC(=O)CCc1ccsc1)c1nc2ccccc2s1. The predicted octanol–water partition coefficient (Wildman–Crippen LogP) is 3.89. The molecular formula is C18H18N2O3S2. The first kappa shape index (κ1) is 17.6. The minimum atomic E-state index is -0.361. The van der Waals surface area contributed by atoms with Gasteiger partial charge < -0.3 is 4.74 Å². The summed E-state index contributed by atoms with van der Waals surface area (Å²) in [6.07, 6.45) is 0.906. The fourth-order valence-electron chi connectivity index (χ4n) is 2.37. The Bertz CT molecular complexity index is 825. The number of hydrogen-bond acceptors (Lipinski definition) is 6. The molecule has 1 amide bonds. The van der Waals surface area contributed by atoms with E-state index in [1.54, 1.807) is 16.2 Å². The maximum absolute atomic E-state index is 12.4. The van der Waals surface area contributed by atoms with Crippen LogP contribution in [0.25, 0.3) is 10.2 Å². The number of fused-ring (bicyclic) bond motifs is 1. The van der Waals surface area contributed by atoms with E-state index >= 15 is 0 Å². The molecule has 0 N–H and O–H groups in total. The van der Waals surface area contributed by atoms with Crippen LogP contribution in [-0.4, -0.2) is 30.0 Å². The number of anilines is 1. The van der Waals surface area contributed by atoms with Crippen molar-refractivity contribution in [2.75, 3.05) is 18.1 Å². The minimum Gasteiger partial charge on any atom is -0.456 e. The molecule has 0 aliphatic rings. The average molecular weight is 374 g/mol. The van der Waals surface area contributed by atoms with Crippen molar-refractivity contribution < 1.29 is 14.3 Å². The van der Waals surface area contributed by atoms with Gasteiger partial charge in [0, 0.05) is 13.0 Å². The molecule has 5 nitrogen and oxygen atoms in total. The third-order valence-corrected chi connectivity index (χ3v) is 5.48. The van der Waals surface area contributed by atoms with Gasteiger partial charge in [-0.15, -0.1) is 0 Å². The molecule has 0 aliphatic heterocycles. The van der Waals surface area contributed by atoms with Crippen LogP contribution in [0.4, 0.5) is 5.13 Å². The fraction of sp³-hybridized carbons (Fsp3) is 0.278. The molecule has 25 heavy (non-hydrogen) atoms. The zero-order chi connectivity index (χ0) is 17.6. The lowest BCUT2D eigenvalue weighted by Crippen LogP contribution is -2.34. The number of thiophene rings is 1. The molecule has 0 radical (unpaired) electrons. The van der Waals surface area contributed by atoms with E-state index in [0.29, 0.717) is 18.1 Å². The first-order chi connectivity index (χ1) is 12.2. The normalized spacial score (nSPS) is 10.8. The number of ether oxygens (including phenoxy) is 1. The van der Waals surface area contributed by atoms with E-state index in [4.69, 9.17) is 4.74 Å². The number of hydrogen-bond donors (Lipinski definition) is 0. The van der Waals surface area contributed by atoms with Crippen molar-refractivity contribution >= 4 is 49.9 Å². The number of aryl methyl sites for hydroxylation is 1. The molecular weight excluding hydrogens is 356 g/mol. The molecule has 3 rings (SSSR count). The summed E-state index contributed by atoms with van der Waals surface area (Å²) in [6, 6.07) is 9.73. The maximum Gasteiger partial charge on any atom is 0.306 e. The Morgan fingerprint density at radius 2 is 2.08 bits per heavy atom. The summed E-state index contributed by atoms with van der Waals surface area (Å²) in [5, 5.41) is 4.61. The van der Waals surface area contributed by atoms with E-state index < -0.39 is 0 Å². The highest BCUT2D eigenvalue weighted by Crippen LogP contribution is 2.28. The van der Waals surface area contributed by atoms with Gasteiger partial charge in [0.05, 0.1) is 10.2 Å². The summed E-state index contributed by atoms with van der Waals surface area (Å²) < 4.78 is 6.16. The van der Waals surface area contributed by atoms with Gasteiger partial charge in [-0.05, 0) is 47.9 Å². The van der Waals surface area contributed by atoms with Gasteiger partial charge >= 0.3 is 5.97 Å². The molecule has 1 aromatic carbocycles. The third-order valence-electron chi connectivity index (χ3n) is 3.69. The number of para-hydroxylation sites is 1. The van der Waals surface area contributed by atoms with E-state index in [2.05, 4.69) is 4.98 Å². The van der Waals surface area contributed by atoms with E-state index in [1.165, 1.54) is 11.3 Å². The summed E-state index contributed by atoms with van der Waals surface area (Å²) in [7, 11) is 0. The lowest BCUT2D eigenvalue weighted by molar-refractivity contribution is -0.147. The maximum atomic E-state index is 12.4. The van der Waals surface area contributed by atoms with Gasteiger partial charge in [0.15, 0.2) is 11.7 Å². The Morgan fingerprint density at radius 1 is 1.24 bits per heavy atom. The van der Waals surface area contributed by atoms with Gasteiger partial charge in [-0.1, -0.05) is 23.5 Å². The van der Waals surface area contributed by atoms with E-state index in [-0.39, 0.29) is 24.9 Å². The Morgan fingerprint density at radius 3 is 2.80 bits per heavy atom. The van der Waals surface area contributed by atoms with Crippen LogP contribution in [0.2, 0.25) is 0 Å². The molecule has 0 spiro atoms. The number of likely N-dealkylation sites (N-methyl/N-ethyl adjacent to an activating group) is 1. The van der Waals surface area contributed by atoms with Gasteiger partial charge in [-0.2, -0.15) is 11.3 Å². The first-order valence-corrected chi connectivity index (χ1v) is 9.76. The molecule has 0 aliphatic carbocycles. The zero-order valence-electron chi connectivity index (χ0n) is 13.8. The van der Waals surface area contributed by atoms with Crippen LogP contribution in [-0.2, 0) is 20.7 Å². The van der Waals surface area contributed by atoms with E-state index in [0.717, 1.165) is 15.8 Å². The number of esters is 1. The highest BCUT2D eigenvalue weighted by atomic mass is 32.1. The minimum absolute atomic E-state index is 0.258. The molecule has 0 saturated carbocycles. The molecule has 0 fully saturated rings. The van der Waals surface area contributed by atoms with Crippen LogP contribution in [0.15, 0.2) is 41.1 Å². The van der Waals surface area contributed by atoms with E-state index in [9.17, 15) is 9.59 Å². The molecule has 130 valence electrons. The number of aromatic nitrogens is 1. The molecule has 2 aromatic heterocycles. The third kappa shape index (κ3) is 4.43. The Kier molecular flexibility index (Phi) is 5.78. The molecule has 0 saturated heterocycles. The smallest absolute Gasteiger partial charge is 0.306 e. The summed E-state index contributed by atoms with van der Waals surface area (Å²) in [6.45, 7) is 2.10. The summed E-state index contributed by atoms with van der Waals surface area (Å²) in [5.41, 5.74) is 1.97. The van der Waals surface area contributed by atoms with Crippen molar-refractivity contribution in [3.05, 3.63) is 46.7 Å². The van der Waals surface area contributed by atoms with Gasteiger partial charge in [-0.3, -0.25) is 14.5 Å². The van der Waals surface area contributed by atoms with Gasteiger partial charge in [0.2, 0.25) is 0 Å². The van der Waals surface area contributed by atoms with Crippen molar-refractivity contribution in [3.63, 3.8) is 0 Å². The van der Waals surface area contributed by atoms with Crippen molar-refractivity contribution in [2.24, 2.45) is 0 Å². The highest BCUT2D eigenvalue weighted by Gasteiger charge is 2.19. The molecule has 3 aromatic rings. The first-order valence-electron chi connectivity index (χ1n) is 8.00. The summed E-state index contributed by atoms with van der Waals surface area (Å²) in [4.78, 5) is 30.3. The second kappa shape index (κ2) is 8.22. The molecule has 2 heterocycles. The van der Waals surface area contributed by atoms with Crippen molar-refractivity contribution in [3.8, 4) is 0 Å². The van der Waals surface area contributed by atoms with Crippen molar-refractivity contribution in [1.82, 2.24) is 4.98 Å². The van der Waals surface area contributed by atoms with Crippen LogP contribution in [0.1, 0.15) is 18.9 Å². The summed E-state index contributed by atoms with van der Waals surface area (Å²) in [5.74, 6) is -0.620. The van der Waals surface area contributed by atoms with Gasteiger partial charge in [-0.25, -0.2) is 4.98 Å². The Hall–Kier alpha value is -2.25. The van der Waals surface area contributed by atoms with Gasteiger partial charge in [0.25, 0.3) is 5.91 Å². The highest BCUT2D eigenvalue weighted by molar-refractivity contribution is 7.22. The standard InChI is InChI=1S/C18H18N2O3S2/c1-2-20(18-19-14-5-3-4-6-15(14)25-18)16(21)11-23-17(22)8-7-13-9-10-24-12-13/h3-6,9-10,12H,2,7-8,11H2,1H3. The van der Waals surface area contributed by atoms with Crippen LogP contribution in [0.3, 0.4) is 0 Å². The number of amides is 1. The molecule has 0 atom stereocenters. The number of thiazole rings is 1. The van der Waals surface area contributed by atoms with Gasteiger partial charge in [0.1, 0.15) is 0 Å². The number of carbonyl (C=O) groups excluding carboxylic acids is 2. The second-order valence-electron chi connectivity index (χ2n) is 5.39. The quantitative estimate of drug-likeness (QED) is 0.589. The van der Waals surface area contributed by atoms with Crippen LogP contribution in [0, 0.1) is 0 Å².